The minimum absolute atomic E-state index is 0.159. The third-order valence-electron chi connectivity index (χ3n) is 4.36. The van der Waals surface area contributed by atoms with Crippen LogP contribution in [0, 0.1) is 17.3 Å². The Morgan fingerprint density at radius 1 is 1.50 bits per heavy atom. The van der Waals surface area contributed by atoms with Crippen LogP contribution in [0.2, 0.25) is 0 Å². The summed E-state index contributed by atoms with van der Waals surface area (Å²) >= 11 is 0. The molecule has 2 aliphatic rings. The van der Waals surface area contributed by atoms with Gasteiger partial charge in [0.25, 0.3) is 0 Å². The molecule has 2 rings (SSSR count). The Morgan fingerprint density at radius 2 is 2.22 bits per heavy atom. The molecule has 18 heavy (non-hydrogen) atoms. The van der Waals surface area contributed by atoms with Crippen molar-refractivity contribution in [1.29, 1.82) is 0 Å². The second-order valence-corrected chi connectivity index (χ2v) is 6.76. The van der Waals surface area contributed by atoms with Crippen LogP contribution in [0.15, 0.2) is 0 Å². The first-order valence-electron chi connectivity index (χ1n) is 6.91. The molecule has 2 aliphatic heterocycles. The van der Waals surface area contributed by atoms with Crippen molar-refractivity contribution in [1.82, 2.24) is 4.90 Å². The summed E-state index contributed by atoms with van der Waals surface area (Å²) in [6.45, 7) is 9.15. The van der Waals surface area contributed by atoms with Crippen LogP contribution < -0.4 is 0 Å². The van der Waals surface area contributed by atoms with Gasteiger partial charge in [0, 0.05) is 32.0 Å². The molecule has 3 atom stereocenters. The van der Waals surface area contributed by atoms with Gasteiger partial charge in [-0.2, -0.15) is 0 Å². The predicted octanol–water partition coefficient (Wildman–Crippen LogP) is 1.28. The molecule has 0 radical (unpaired) electrons. The lowest BCUT2D eigenvalue weighted by molar-refractivity contribution is -0.129. The zero-order chi connectivity index (χ0) is 13.3. The van der Waals surface area contributed by atoms with Crippen molar-refractivity contribution < 1.29 is 14.6 Å². The number of amides is 1. The molecule has 1 N–H and O–H groups in total. The van der Waals surface area contributed by atoms with Gasteiger partial charge in [0.1, 0.15) is 0 Å². The lowest BCUT2D eigenvalue weighted by Gasteiger charge is -2.28. The van der Waals surface area contributed by atoms with E-state index in [-0.39, 0.29) is 17.2 Å². The Labute approximate surface area is 109 Å². The highest BCUT2D eigenvalue weighted by molar-refractivity contribution is 5.78. The first-order chi connectivity index (χ1) is 8.38. The number of β-amino-alcohol motifs (C(OH)–C–C–N with tert-alkyl or cyclic N) is 1. The molecule has 2 saturated heterocycles. The second kappa shape index (κ2) is 5.17. The molecule has 3 unspecified atom stereocenters. The Balaban J connectivity index is 1.88. The number of nitrogens with zero attached hydrogens (tertiary/aromatic N) is 1. The molecule has 2 fully saturated rings. The lowest BCUT2D eigenvalue weighted by Crippen LogP contribution is -2.38. The summed E-state index contributed by atoms with van der Waals surface area (Å²) in [5.74, 6) is 0.788. The average Bonchev–Trinajstić information content (AvgIpc) is 2.87. The van der Waals surface area contributed by atoms with E-state index in [0.29, 0.717) is 25.5 Å². The molecular formula is C14H25NO3. The Morgan fingerprint density at radius 3 is 2.72 bits per heavy atom. The van der Waals surface area contributed by atoms with Gasteiger partial charge in [0.15, 0.2) is 0 Å². The number of likely N-dealkylation sites (tertiary alicyclic amines) is 1. The lowest BCUT2D eigenvalue weighted by atomic mass is 9.80. The number of aliphatic hydroxyl groups excluding tert-OH is 1. The maximum Gasteiger partial charge on any atom is 0.223 e. The molecule has 4 heteroatoms. The van der Waals surface area contributed by atoms with Crippen molar-refractivity contribution in [3.63, 3.8) is 0 Å². The van der Waals surface area contributed by atoms with Crippen LogP contribution >= 0.6 is 0 Å². The summed E-state index contributed by atoms with van der Waals surface area (Å²) in [4.78, 5) is 13.8. The van der Waals surface area contributed by atoms with Gasteiger partial charge < -0.3 is 14.7 Å². The van der Waals surface area contributed by atoms with Crippen molar-refractivity contribution >= 4 is 5.91 Å². The minimum Gasteiger partial charge on any atom is -0.391 e. The molecule has 0 aromatic heterocycles. The van der Waals surface area contributed by atoms with Gasteiger partial charge in [-0.05, 0) is 17.8 Å². The zero-order valence-electron chi connectivity index (χ0n) is 11.7. The van der Waals surface area contributed by atoms with E-state index >= 15 is 0 Å². The monoisotopic (exact) mass is 255 g/mol. The van der Waals surface area contributed by atoms with Gasteiger partial charge in [-0.25, -0.2) is 0 Å². The van der Waals surface area contributed by atoms with E-state index in [1.54, 1.807) is 0 Å². The topological polar surface area (TPSA) is 49.8 Å². The third-order valence-corrected chi connectivity index (χ3v) is 4.36. The van der Waals surface area contributed by atoms with Gasteiger partial charge in [-0.3, -0.25) is 4.79 Å². The summed E-state index contributed by atoms with van der Waals surface area (Å²) in [5, 5.41) is 10.1. The molecular weight excluding hydrogens is 230 g/mol. The fraction of sp³-hybridized carbons (Fsp3) is 0.929. The molecule has 0 aromatic rings. The van der Waals surface area contributed by atoms with Gasteiger partial charge in [0.2, 0.25) is 5.91 Å². The molecule has 2 heterocycles. The Bertz CT molecular complexity index is 305. The second-order valence-electron chi connectivity index (χ2n) is 6.76. The van der Waals surface area contributed by atoms with Crippen molar-refractivity contribution in [3.05, 3.63) is 0 Å². The standard InChI is InChI=1S/C14H25NO3/c1-14(2,3)11-6-13(17)15(7-11)8-12(16)10-4-5-18-9-10/h10-12,16H,4-9H2,1-3H3. The number of rotatable bonds is 3. The summed E-state index contributed by atoms with van der Waals surface area (Å²) in [7, 11) is 0. The van der Waals surface area contributed by atoms with Gasteiger partial charge in [0.05, 0.1) is 12.7 Å². The summed E-state index contributed by atoms with van der Waals surface area (Å²) in [6, 6.07) is 0. The van der Waals surface area contributed by atoms with E-state index in [1.165, 1.54) is 0 Å². The summed E-state index contributed by atoms with van der Waals surface area (Å²) in [6.07, 6.45) is 1.10. The van der Waals surface area contributed by atoms with E-state index < -0.39 is 6.10 Å². The van der Waals surface area contributed by atoms with Crippen LogP contribution in [0.25, 0.3) is 0 Å². The van der Waals surface area contributed by atoms with E-state index in [0.717, 1.165) is 19.6 Å². The first kappa shape index (κ1) is 13.8. The largest absolute Gasteiger partial charge is 0.391 e. The molecule has 1 amide bonds. The zero-order valence-corrected chi connectivity index (χ0v) is 11.7. The molecule has 0 bridgehead atoms. The van der Waals surface area contributed by atoms with E-state index in [9.17, 15) is 9.90 Å². The van der Waals surface area contributed by atoms with E-state index in [2.05, 4.69) is 20.8 Å². The normalized spacial score (nSPS) is 31.1. The third kappa shape index (κ3) is 3.04. The summed E-state index contributed by atoms with van der Waals surface area (Å²) < 4.78 is 5.28. The SMILES string of the molecule is CC(C)(C)C1CC(=O)N(CC(O)C2CCOC2)C1. The van der Waals surface area contributed by atoms with Crippen molar-refractivity contribution in [2.75, 3.05) is 26.3 Å². The van der Waals surface area contributed by atoms with Crippen LogP contribution in [-0.4, -0.2) is 48.3 Å². The highest BCUT2D eigenvalue weighted by atomic mass is 16.5. The van der Waals surface area contributed by atoms with E-state index in [4.69, 9.17) is 4.74 Å². The summed E-state index contributed by atoms with van der Waals surface area (Å²) in [5.41, 5.74) is 0.159. The quantitative estimate of drug-likeness (QED) is 0.826. The highest BCUT2D eigenvalue weighted by Crippen LogP contribution is 2.34. The van der Waals surface area contributed by atoms with E-state index in [1.807, 2.05) is 4.90 Å². The Hall–Kier alpha value is -0.610. The molecule has 0 saturated carbocycles. The number of hydrogen-bond donors (Lipinski definition) is 1. The average molecular weight is 255 g/mol. The number of carbonyl (C=O) groups excluding carboxylic acids is 1. The molecule has 104 valence electrons. The van der Waals surface area contributed by atoms with Crippen molar-refractivity contribution in [2.24, 2.45) is 17.3 Å². The molecule has 0 spiro atoms. The van der Waals surface area contributed by atoms with Crippen LogP contribution in [-0.2, 0) is 9.53 Å². The smallest absolute Gasteiger partial charge is 0.223 e. The first-order valence-corrected chi connectivity index (χ1v) is 6.91. The van der Waals surface area contributed by atoms with Gasteiger partial charge >= 0.3 is 0 Å². The fourth-order valence-electron chi connectivity index (χ4n) is 2.76. The van der Waals surface area contributed by atoms with Crippen LogP contribution in [0.5, 0.6) is 0 Å². The van der Waals surface area contributed by atoms with Crippen molar-refractivity contribution in [3.8, 4) is 0 Å². The Kier molecular flexibility index (Phi) is 3.97. The van der Waals surface area contributed by atoms with Crippen LogP contribution in [0.4, 0.5) is 0 Å². The molecule has 0 aromatic carbocycles. The highest BCUT2D eigenvalue weighted by Gasteiger charge is 2.38. The van der Waals surface area contributed by atoms with Crippen LogP contribution in [0.3, 0.4) is 0 Å². The maximum atomic E-state index is 12.0. The fourth-order valence-corrected chi connectivity index (χ4v) is 2.76. The van der Waals surface area contributed by atoms with Gasteiger partial charge in [-0.15, -0.1) is 0 Å². The number of carbonyl (C=O) groups is 1. The minimum atomic E-state index is -0.435. The molecule has 0 aliphatic carbocycles. The maximum absolute atomic E-state index is 12.0. The number of ether oxygens (including phenoxy) is 1. The molecule has 4 nitrogen and oxygen atoms in total. The van der Waals surface area contributed by atoms with Crippen LogP contribution in [0.1, 0.15) is 33.6 Å². The number of aliphatic hydroxyl groups is 1. The van der Waals surface area contributed by atoms with Gasteiger partial charge in [-0.1, -0.05) is 20.8 Å². The number of hydrogen-bond acceptors (Lipinski definition) is 3. The van der Waals surface area contributed by atoms with Crippen molar-refractivity contribution in [2.45, 2.75) is 39.7 Å². The predicted molar refractivity (Wildman–Crippen MR) is 69.1 cm³/mol.